The standard InChI is InChI=1S/C11H14BrN3/c1-7(2)6-15-9-5-3-4-8(13)10(9)11(12)14-15/h3-5,7H,6,13H2,1-2H3. The van der Waals surface area contributed by atoms with E-state index >= 15 is 0 Å². The monoisotopic (exact) mass is 267 g/mol. The molecule has 15 heavy (non-hydrogen) atoms. The summed E-state index contributed by atoms with van der Waals surface area (Å²) in [5.41, 5.74) is 7.78. The summed E-state index contributed by atoms with van der Waals surface area (Å²) in [5, 5.41) is 5.46. The van der Waals surface area contributed by atoms with Crippen LogP contribution in [-0.4, -0.2) is 9.78 Å². The molecule has 80 valence electrons. The second kappa shape index (κ2) is 3.85. The van der Waals surface area contributed by atoms with Gasteiger partial charge in [-0.05, 0) is 34.0 Å². The quantitative estimate of drug-likeness (QED) is 0.851. The van der Waals surface area contributed by atoms with Gasteiger partial charge >= 0.3 is 0 Å². The number of nitrogens with zero attached hydrogens (tertiary/aromatic N) is 2. The molecular weight excluding hydrogens is 254 g/mol. The highest BCUT2D eigenvalue weighted by atomic mass is 79.9. The second-order valence-corrected chi connectivity index (χ2v) is 4.86. The van der Waals surface area contributed by atoms with Gasteiger partial charge in [-0.2, -0.15) is 5.10 Å². The maximum atomic E-state index is 5.92. The van der Waals surface area contributed by atoms with Crippen LogP contribution in [0.2, 0.25) is 0 Å². The lowest BCUT2D eigenvalue weighted by atomic mass is 10.2. The summed E-state index contributed by atoms with van der Waals surface area (Å²) in [6.07, 6.45) is 0. The molecule has 0 saturated carbocycles. The van der Waals surface area contributed by atoms with Gasteiger partial charge in [0, 0.05) is 12.2 Å². The van der Waals surface area contributed by atoms with Crippen LogP contribution < -0.4 is 5.73 Å². The maximum Gasteiger partial charge on any atom is 0.138 e. The van der Waals surface area contributed by atoms with Crippen LogP contribution in [0.4, 0.5) is 5.69 Å². The zero-order valence-corrected chi connectivity index (χ0v) is 10.5. The smallest absolute Gasteiger partial charge is 0.138 e. The Balaban J connectivity index is 2.63. The molecule has 1 aromatic heterocycles. The van der Waals surface area contributed by atoms with E-state index < -0.39 is 0 Å². The van der Waals surface area contributed by atoms with Crippen molar-refractivity contribution >= 4 is 32.5 Å². The first-order chi connectivity index (χ1) is 7.09. The van der Waals surface area contributed by atoms with Gasteiger partial charge in [0.25, 0.3) is 0 Å². The Morgan fingerprint density at radius 2 is 2.20 bits per heavy atom. The third-order valence-corrected chi connectivity index (χ3v) is 2.86. The molecule has 0 aliphatic carbocycles. The number of nitrogens with two attached hydrogens (primary N) is 1. The molecule has 3 nitrogen and oxygen atoms in total. The van der Waals surface area contributed by atoms with E-state index in [2.05, 4.69) is 34.9 Å². The lowest BCUT2D eigenvalue weighted by molar-refractivity contribution is 0.493. The van der Waals surface area contributed by atoms with Gasteiger partial charge < -0.3 is 5.73 Å². The molecule has 0 spiro atoms. The van der Waals surface area contributed by atoms with E-state index in [1.54, 1.807) is 0 Å². The van der Waals surface area contributed by atoms with Crippen molar-refractivity contribution in [2.24, 2.45) is 5.92 Å². The molecule has 2 aromatic rings. The highest BCUT2D eigenvalue weighted by Crippen LogP contribution is 2.28. The largest absolute Gasteiger partial charge is 0.398 e. The van der Waals surface area contributed by atoms with Crippen LogP contribution in [0.1, 0.15) is 13.8 Å². The number of rotatable bonds is 2. The highest BCUT2D eigenvalue weighted by Gasteiger charge is 2.11. The summed E-state index contributed by atoms with van der Waals surface area (Å²) >= 11 is 3.45. The normalized spacial score (nSPS) is 11.5. The number of aromatic nitrogens is 2. The number of hydrogen-bond donors (Lipinski definition) is 1. The predicted octanol–water partition coefficient (Wildman–Crippen LogP) is 3.04. The van der Waals surface area contributed by atoms with E-state index in [0.29, 0.717) is 5.92 Å². The minimum atomic E-state index is 0.571. The van der Waals surface area contributed by atoms with Crippen molar-refractivity contribution in [2.75, 3.05) is 5.73 Å². The summed E-state index contributed by atoms with van der Waals surface area (Å²) in [7, 11) is 0. The van der Waals surface area contributed by atoms with Crippen LogP contribution >= 0.6 is 15.9 Å². The zero-order chi connectivity index (χ0) is 11.0. The third kappa shape index (κ3) is 1.86. The predicted molar refractivity (Wildman–Crippen MR) is 66.7 cm³/mol. The van der Waals surface area contributed by atoms with E-state index in [9.17, 15) is 0 Å². The lowest BCUT2D eigenvalue weighted by Gasteiger charge is -2.06. The molecule has 1 heterocycles. The van der Waals surface area contributed by atoms with Crippen LogP contribution in [0.25, 0.3) is 10.9 Å². The summed E-state index contributed by atoms with van der Waals surface area (Å²) < 4.78 is 2.83. The van der Waals surface area contributed by atoms with Crippen molar-refractivity contribution < 1.29 is 0 Å². The molecule has 4 heteroatoms. The van der Waals surface area contributed by atoms with Crippen LogP contribution in [0, 0.1) is 5.92 Å². The lowest BCUT2D eigenvalue weighted by Crippen LogP contribution is -2.05. The van der Waals surface area contributed by atoms with E-state index in [-0.39, 0.29) is 0 Å². The highest BCUT2D eigenvalue weighted by molar-refractivity contribution is 9.10. The summed E-state index contributed by atoms with van der Waals surface area (Å²) in [6.45, 7) is 5.26. The van der Waals surface area contributed by atoms with Crippen LogP contribution in [0.15, 0.2) is 22.8 Å². The van der Waals surface area contributed by atoms with Gasteiger partial charge in [-0.15, -0.1) is 0 Å². The summed E-state index contributed by atoms with van der Waals surface area (Å²) in [4.78, 5) is 0. The number of nitrogen functional groups attached to an aromatic ring is 1. The van der Waals surface area contributed by atoms with Crippen LogP contribution in [0.3, 0.4) is 0 Å². The fourth-order valence-electron chi connectivity index (χ4n) is 1.69. The van der Waals surface area contributed by atoms with Gasteiger partial charge in [-0.3, -0.25) is 4.68 Å². The molecule has 0 radical (unpaired) electrons. The van der Waals surface area contributed by atoms with Gasteiger partial charge in [0.15, 0.2) is 0 Å². The molecule has 0 aliphatic heterocycles. The molecular formula is C11H14BrN3. The van der Waals surface area contributed by atoms with Gasteiger partial charge in [-0.25, -0.2) is 0 Å². The fourth-order valence-corrected chi connectivity index (χ4v) is 2.32. The Kier molecular flexibility index (Phi) is 2.69. The Morgan fingerprint density at radius 3 is 2.87 bits per heavy atom. The fraction of sp³-hybridized carbons (Fsp3) is 0.364. The number of anilines is 1. The molecule has 0 saturated heterocycles. The summed E-state index contributed by atoms with van der Waals surface area (Å²) in [6, 6.07) is 5.91. The number of halogens is 1. The molecule has 0 aliphatic rings. The van der Waals surface area contributed by atoms with Crippen molar-refractivity contribution in [3.63, 3.8) is 0 Å². The summed E-state index contributed by atoms with van der Waals surface area (Å²) in [5.74, 6) is 0.571. The SMILES string of the molecule is CC(C)Cn1nc(Br)c2c(N)cccc21. The first-order valence-electron chi connectivity index (χ1n) is 5.00. The van der Waals surface area contributed by atoms with Gasteiger partial charge in [0.2, 0.25) is 0 Å². The van der Waals surface area contributed by atoms with Crippen LogP contribution in [0.5, 0.6) is 0 Å². The van der Waals surface area contributed by atoms with Crippen molar-refractivity contribution in [1.82, 2.24) is 9.78 Å². The second-order valence-electron chi connectivity index (χ2n) is 4.11. The van der Waals surface area contributed by atoms with E-state index in [1.165, 1.54) is 0 Å². The Labute approximate surface area is 97.4 Å². The number of fused-ring (bicyclic) bond motifs is 1. The molecule has 2 N–H and O–H groups in total. The minimum absolute atomic E-state index is 0.571. The first kappa shape index (κ1) is 10.5. The zero-order valence-electron chi connectivity index (χ0n) is 8.87. The molecule has 0 atom stereocenters. The Bertz CT molecular complexity index is 488. The average Bonchev–Trinajstić information content (AvgIpc) is 2.44. The van der Waals surface area contributed by atoms with Gasteiger partial charge in [0.05, 0.1) is 10.9 Å². The molecule has 2 rings (SSSR count). The average molecular weight is 268 g/mol. The van der Waals surface area contributed by atoms with E-state index in [0.717, 1.165) is 27.7 Å². The first-order valence-corrected chi connectivity index (χ1v) is 5.79. The molecule has 0 unspecified atom stereocenters. The number of hydrogen-bond acceptors (Lipinski definition) is 2. The van der Waals surface area contributed by atoms with Crippen molar-refractivity contribution in [2.45, 2.75) is 20.4 Å². The van der Waals surface area contributed by atoms with Gasteiger partial charge in [0.1, 0.15) is 4.60 Å². The van der Waals surface area contributed by atoms with Gasteiger partial charge in [-0.1, -0.05) is 19.9 Å². The Morgan fingerprint density at radius 1 is 1.47 bits per heavy atom. The van der Waals surface area contributed by atoms with E-state index in [4.69, 9.17) is 5.73 Å². The van der Waals surface area contributed by atoms with Crippen molar-refractivity contribution in [1.29, 1.82) is 0 Å². The van der Waals surface area contributed by atoms with Crippen molar-refractivity contribution in [3.8, 4) is 0 Å². The molecule has 0 bridgehead atoms. The topological polar surface area (TPSA) is 43.8 Å². The molecule has 1 aromatic carbocycles. The van der Waals surface area contributed by atoms with Crippen molar-refractivity contribution in [3.05, 3.63) is 22.8 Å². The minimum Gasteiger partial charge on any atom is -0.398 e. The molecule has 0 amide bonds. The number of benzene rings is 1. The van der Waals surface area contributed by atoms with Crippen LogP contribution in [-0.2, 0) is 6.54 Å². The Hall–Kier alpha value is -1.03. The maximum absolute atomic E-state index is 5.92. The van der Waals surface area contributed by atoms with E-state index in [1.807, 2.05) is 22.9 Å². The third-order valence-electron chi connectivity index (χ3n) is 2.31. The molecule has 0 fully saturated rings.